The Labute approximate surface area is 227 Å². The molecule has 198 valence electrons. The van der Waals surface area contributed by atoms with Gasteiger partial charge in [-0.05, 0) is 70.2 Å². The van der Waals surface area contributed by atoms with E-state index in [1.54, 1.807) is 13.2 Å². The van der Waals surface area contributed by atoms with Gasteiger partial charge in [0.15, 0.2) is 11.5 Å². The van der Waals surface area contributed by atoms with E-state index in [1.165, 1.54) is 5.56 Å². The Balaban J connectivity index is 1.35. The first-order valence-electron chi connectivity index (χ1n) is 13.3. The number of benzene rings is 3. The smallest absolute Gasteiger partial charge is 0.251 e. The molecule has 8 nitrogen and oxygen atoms in total. The van der Waals surface area contributed by atoms with Gasteiger partial charge in [0, 0.05) is 17.2 Å². The van der Waals surface area contributed by atoms with Crippen molar-refractivity contribution in [2.45, 2.75) is 25.8 Å². The highest BCUT2D eigenvalue weighted by atomic mass is 16.5. The summed E-state index contributed by atoms with van der Waals surface area (Å²) in [7, 11) is 3.72. The number of hydrogen-bond donors (Lipinski definition) is 2. The maximum atomic E-state index is 13.0. The molecule has 8 heteroatoms. The number of para-hydroxylation sites is 2. The topological polar surface area (TPSA) is 83.8 Å². The SMILES string of the molecule is COc1cc(C(=O)NC2CCN(C)CC2)ccc1Nc1nc2ccccc2n2c(-c3ccc(C)cc3)cnc12. The normalized spacial score (nSPS) is 14.5. The molecule has 1 amide bonds. The van der Waals surface area contributed by atoms with E-state index >= 15 is 0 Å². The molecule has 1 aliphatic rings. The van der Waals surface area contributed by atoms with Gasteiger partial charge >= 0.3 is 0 Å². The number of carbonyl (C=O) groups is 1. The molecule has 0 saturated carbocycles. The first-order chi connectivity index (χ1) is 19.0. The van der Waals surface area contributed by atoms with Crippen LogP contribution >= 0.6 is 0 Å². The lowest BCUT2D eigenvalue weighted by atomic mass is 10.0. The van der Waals surface area contributed by atoms with Crippen molar-refractivity contribution in [2.24, 2.45) is 0 Å². The number of nitrogens with zero attached hydrogens (tertiary/aromatic N) is 4. The molecule has 1 fully saturated rings. The van der Waals surface area contributed by atoms with Gasteiger partial charge in [-0.15, -0.1) is 0 Å². The van der Waals surface area contributed by atoms with Crippen LogP contribution in [-0.4, -0.2) is 58.5 Å². The lowest BCUT2D eigenvalue weighted by molar-refractivity contribution is 0.0916. The number of anilines is 2. The molecule has 0 spiro atoms. The molecule has 39 heavy (non-hydrogen) atoms. The first-order valence-corrected chi connectivity index (χ1v) is 13.3. The summed E-state index contributed by atoms with van der Waals surface area (Å²) in [4.78, 5) is 24.9. The van der Waals surface area contributed by atoms with Crippen molar-refractivity contribution in [3.63, 3.8) is 0 Å². The van der Waals surface area contributed by atoms with E-state index in [2.05, 4.69) is 64.2 Å². The molecule has 6 rings (SSSR count). The van der Waals surface area contributed by atoms with E-state index < -0.39 is 0 Å². The molecule has 2 N–H and O–H groups in total. The van der Waals surface area contributed by atoms with Crippen LogP contribution in [0.3, 0.4) is 0 Å². The van der Waals surface area contributed by atoms with E-state index in [-0.39, 0.29) is 11.9 Å². The zero-order valence-corrected chi connectivity index (χ0v) is 22.4. The molecule has 3 aromatic carbocycles. The minimum absolute atomic E-state index is 0.0865. The highest BCUT2D eigenvalue weighted by Crippen LogP contribution is 2.33. The second-order valence-electron chi connectivity index (χ2n) is 10.2. The van der Waals surface area contributed by atoms with E-state index in [0.717, 1.165) is 48.2 Å². The van der Waals surface area contributed by atoms with Gasteiger partial charge in [-0.25, -0.2) is 9.97 Å². The minimum atomic E-state index is -0.0865. The fraction of sp³-hybridized carbons (Fsp3) is 0.258. The first kappa shape index (κ1) is 24.9. The zero-order chi connectivity index (χ0) is 26.9. The van der Waals surface area contributed by atoms with E-state index in [9.17, 15) is 4.79 Å². The summed E-state index contributed by atoms with van der Waals surface area (Å²) in [6.45, 7) is 4.06. The average molecular weight is 521 g/mol. The van der Waals surface area contributed by atoms with Crippen LogP contribution in [0.5, 0.6) is 5.75 Å². The number of hydrogen-bond acceptors (Lipinski definition) is 6. The number of nitrogens with one attached hydrogen (secondary N) is 2. The Morgan fingerprint density at radius 1 is 1.03 bits per heavy atom. The van der Waals surface area contributed by atoms with Crippen LogP contribution in [0.1, 0.15) is 28.8 Å². The lowest BCUT2D eigenvalue weighted by Crippen LogP contribution is -2.43. The number of methoxy groups -OCH3 is 1. The summed E-state index contributed by atoms with van der Waals surface area (Å²) in [5.74, 6) is 1.08. The number of piperidine rings is 1. The second kappa shape index (κ2) is 10.4. The molecule has 0 bridgehead atoms. The summed E-state index contributed by atoms with van der Waals surface area (Å²) in [5, 5.41) is 6.60. The molecule has 1 aliphatic heterocycles. The van der Waals surface area contributed by atoms with Crippen LogP contribution in [0.25, 0.3) is 27.9 Å². The Hall–Kier alpha value is -4.43. The molecule has 0 radical (unpaired) electrons. The van der Waals surface area contributed by atoms with Gasteiger partial charge in [0.05, 0.1) is 35.7 Å². The Morgan fingerprint density at radius 2 is 1.79 bits per heavy atom. The molecule has 5 aromatic rings. The van der Waals surface area contributed by atoms with Gasteiger partial charge in [-0.2, -0.15) is 0 Å². The van der Waals surface area contributed by atoms with Crippen molar-refractivity contribution in [3.8, 4) is 17.0 Å². The van der Waals surface area contributed by atoms with Gasteiger partial charge < -0.3 is 20.3 Å². The lowest BCUT2D eigenvalue weighted by Gasteiger charge is -2.29. The molecule has 2 aromatic heterocycles. The van der Waals surface area contributed by atoms with Crippen LogP contribution < -0.4 is 15.4 Å². The largest absolute Gasteiger partial charge is 0.495 e. The third-order valence-corrected chi connectivity index (χ3v) is 7.45. The Bertz CT molecular complexity index is 1650. The van der Waals surface area contributed by atoms with E-state index in [4.69, 9.17) is 14.7 Å². The number of fused-ring (bicyclic) bond motifs is 3. The number of rotatable bonds is 6. The van der Waals surface area contributed by atoms with Gasteiger partial charge in [-0.3, -0.25) is 9.20 Å². The monoisotopic (exact) mass is 520 g/mol. The number of likely N-dealkylation sites (tertiary alicyclic amines) is 1. The number of aromatic nitrogens is 3. The van der Waals surface area contributed by atoms with Crippen LogP contribution in [-0.2, 0) is 0 Å². The average Bonchev–Trinajstić information content (AvgIpc) is 3.41. The van der Waals surface area contributed by atoms with Crippen molar-refractivity contribution in [2.75, 3.05) is 32.6 Å². The maximum Gasteiger partial charge on any atom is 0.251 e. The molecule has 1 saturated heterocycles. The summed E-state index contributed by atoms with van der Waals surface area (Å²) in [5.41, 5.74) is 7.05. The Kier molecular flexibility index (Phi) is 6.62. The van der Waals surface area contributed by atoms with Crippen LogP contribution in [0.15, 0.2) is 72.9 Å². The van der Waals surface area contributed by atoms with Crippen molar-refractivity contribution < 1.29 is 9.53 Å². The van der Waals surface area contributed by atoms with Crippen LogP contribution in [0.4, 0.5) is 11.5 Å². The summed E-state index contributed by atoms with van der Waals surface area (Å²) in [6.07, 6.45) is 3.79. The van der Waals surface area contributed by atoms with Gasteiger partial charge in [0.25, 0.3) is 5.91 Å². The van der Waals surface area contributed by atoms with Crippen LogP contribution in [0.2, 0.25) is 0 Å². The molecule has 0 unspecified atom stereocenters. The molecule has 0 aliphatic carbocycles. The number of ether oxygens (including phenoxy) is 1. The number of aryl methyl sites for hydroxylation is 1. The maximum absolute atomic E-state index is 13.0. The van der Waals surface area contributed by atoms with E-state index in [0.29, 0.717) is 28.5 Å². The van der Waals surface area contributed by atoms with Crippen LogP contribution in [0, 0.1) is 6.92 Å². The van der Waals surface area contributed by atoms with Gasteiger partial charge in [0.2, 0.25) is 0 Å². The summed E-state index contributed by atoms with van der Waals surface area (Å²) in [6, 6.07) is 22.1. The number of carbonyl (C=O) groups excluding carboxylic acids is 1. The Morgan fingerprint density at radius 3 is 2.56 bits per heavy atom. The second-order valence-corrected chi connectivity index (χ2v) is 10.2. The highest BCUT2D eigenvalue weighted by Gasteiger charge is 2.21. The molecule has 0 atom stereocenters. The standard InChI is InChI=1S/C31H32N6O2/c1-20-8-10-21(11-9-20)27-19-32-30-29(34-24-6-4-5-7-26(24)37(27)30)35-25-13-12-22(18-28(25)39-3)31(38)33-23-14-16-36(2)17-15-23/h4-13,18-19,23H,14-17H2,1-3H3,(H,33,38)(H,34,35). The van der Waals surface area contributed by atoms with E-state index in [1.807, 2.05) is 36.5 Å². The van der Waals surface area contributed by atoms with Crippen molar-refractivity contribution >= 4 is 34.1 Å². The highest BCUT2D eigenvalue weighted by molar-refractivity contribution is 5.96. The van der Waals surface area contributed by atoms with Crippen molar-refractivity contribution in [1.29, 1.82) is 0 Å². The summed E-state index contributed by atoms with van der Waals surface area (Å²) >= 11 is 0. The minimum Gasteiger partial charge on any atom is -0.495 e. The predicted molar refractivity (Wildman–Crippen MR) is 155 cm³/mol. The van der Waals surface area contributed by atoms with Gasteiger partial charge in [0.1, 0.15) is 5.75 Å². The molecular weight excluding hydrogens is 488 g/mol. The van der Waals surface area contributed by atoms with Crippen molar-refractivity contribution in [1.82, 2.24) is 24.6 Å². The number of amides is 1. The molecular formula is C31H32N6O2. The summed E-state index contributed by atoms with van der Waals surface area (Å²) < 4.78 is 7.82. The van der Waals surface area contributed by atoms with Crippen molar-refractivity contribution in [3.05, 3.63) is 84.1 Å². The third-order valence-electron chi connectivity index (χ3n) is 7.45. The fourth-order valence-electron chi connectivity index (χ4n) is 5.18. The van der Waals surface area contributed by atoms with Gasteiger partial charge in [-0.1, -0.05) is 42.0 Å². The third kappa shape index (κ3) is 4.91. The zero-order valence-electron chi connectivity index (χ0n) is 22.4. The fourth-order valence-corrected chi connectivity index (χ4v) is 5.18. The quantitative estimate of drug-likeness (QED) is 0.311. The predicted octanol–water partition coefficient (Wildman–Crippen LogP) is 5.43. The molecule has 3 heterocycles. The number of imidazole rings is 1.